The van der Waals surface area contributed by atoms with Crippen molar-refractivity contribution in [2.75, 3.05) is 4.90 Å². The van der Waals surface area contributed by atoms with Crippen LogP contribution in [0.2, 0.25) is 0 Å². The van der Waals surface area contributed by atoms with Crippen molar-refractivity contribution in [3.63, 3.8) is 0 Å². The molecule has 31 heavy (non-hydrogen) atoms. The molecule has 0 saturated carbocycles. The molecule has 0 aliphatic carbocycles. The first-order valence-corrected chi connectivity index (χ1v) is 11.1. The SMILES string of the molecule is CC(Sc1nnc(CCC(N)=O)n1Cc1ccco1)C(=O)N1c2ccccc2CC1C. The molecular weight excluding hydrogens is 414 g/mol. The summed E-state index contributed by atoms with van der Waals surface area (Å²) in [6.07, 6.45) is 3.01. The van der Waals surface area contributed by atoms with Crippen molar-refractivity contribution in [3.05, 3.63) is 59.8 Å². The fourth-order valence-electron chi connectivity index (χ4n) is 3.85. The van der Waals surface area contributed by atoms with Gasteiger partial charge in [-0.05, 0) is 44.0 Å². The number of aromatic nitrogens is 3. The Kier molecular flexibility index (Phi) is 6.13. The van der Waals surface area contributed by atoms with Gasteiger partial charge in [-0.25, -0.2) is 0 Å². The molecule has 8 nitrogen and oxygen atoms in total. The van der Waals surface area contributed by atoms with E-state index in [4.69, 9.17) is 10.2 Å². The number of benzene rings is 1. The number of thioether (sulfide) groups is 1. The average Bonchev–Trinajstić information content (AvgIpc) is 3.46. The number of furan rings is 1. The lowest BCUT2D eigenvalue weighted by Crippen LogP contribution is -2.40. The molecule has 0 spiro atoms. The topological polar surface area (TPSA) is 107 Å². The number of rotatable bonds is 8. The summed E-state index contributed by atoms with van der Waals surface area (Å²) >= 11 is 1.36. The van der Waals surface area contributed by atoms with Crippen LogP contribution in [0.15, 0.2) is 52.2 Å². The van der Waals surface area contributed by atoms with Gasteiger partial charge in [0.2, 0.25) is 11.8 Å². The number of carbonyl (C=O) groups is 2. The standard InChI is InChI=1S/C22H25N5O3S/c1-14-12-16-6-3-4-8-18(16)27(14)21(29)15(2)31-22-25-24-20(10-9-19(23)28)26(22)13-17-7-5-11-30-17/h3-8,11,14-15H,9-10,12-13H2,1-2H3,(H2,23,28). The minimum Gasteiger partial charge on any atom is -0.467 e. The highest BCUT2D eigenvalue weighted by molar-refractivity contribution is 8.00. The van der Waals surface area contributed by atoms with Crippen LogP contribution >= 0.6 is 11.8 Å². The summed E-state index contributed by atoms with van der Waals surface area (Å²) in [6, 6.07) is 11.8. The number of fused-ring (bicyclic) bond motifs is 1. The van der Waals surface area contributed by atoms with Crippen LogP contribution in [0, 0.1) is 0 Å². The Morgan fingerprint density at radius 3 is 2.81 bits per heavy atom. The van der Waals surface area contributed by atoms with E-state index in [2.05, 4.69) is 23.2 Å². The molecule has 2 unspecified atom stereocenters. The van der Waals surface area contributed by atoms with Gasteiger partial charge in [0.05, 0.1) is 18.1 Å². The predicted molar refractivity (Wildman–Crippen MR) is 118 cm³/mol. The Labute approximate surface area is 184 Å². The number of anilines is 1. The van der Waals surface area contributed by atoms with Crippen molar-refractivity contribution < 1.29 is 14.0 Å². The van der Waals surface area contributed by atoms with Gasteiger partial charge in [-0.3, -0.25) is 14.2 Å². The summed E-state index contributed by atoms with van der Waals surface area (Å²) < 4.78 is 7.36. The molecule has 4 rings (SSSR count). The Hall–Kier alpha value is -3.07. The van der Waals surface area contributed by atoms with Gasteiger partial charge < -0.3 is 15.1 Å². The molecule has 1 aliphatic heterocycles. The molecule has 2 atom stereocenters. The van der Waals surface area contributed by atoms with Crippen molar-refractivity contribution >= 4 is 29.3 Å². The van der Waals surface area contributed by atoms with E-state index in [1.54, 1.807) is 6.26 Å². The van der Waals surface area contributed by atoms with Crippen LogP contribution < -0.4 is 10.6 Å². The predicted octanol–water partition coefficient (Wildman–Crippen LogP) is 2.80. The third-order valence-corrected chi connectivity index (χ3v) is 6.43. The van der Waals surface area contributed by atoms with Crippen LogP contribution in [-0.2, 0) is 29.0 Å². The fourth-order valence-corrected chi connectivity index (χ4v) is 4.76. The van der Waals surface area contributed by atoms with Gasteiger partial charge in [-0.2, -0.15) is 0 Å². The van der Waals surface area contributed by atoms with Crippen molar-refractivity contribution in [3.8, 4) is 0 Å². The van der Waals surface area contributed by atoms with E-state index in [9.17, 15) is 9.59 Å². The van der Waals surface area contributed by atoms with Gasteiger partial charge in [0.15, 0.2) is 5.16 Å². The number of hydrogen-bond acceptors (Lipinski definition) is 6. The number of primary amides is 1. The molecule has 3 heterocycles. The lowest BCUT2D eigenvalue weighted by atomic mass is 10.1. The Bertz CT molecular complexity index is 1080. The van der Waals surface area contributed by atoms with E-state index in [1.165, 1.54) is 17.3 Å². The summed E-state index contributed by atoms with van der Waals surface area (Å²) in [5.74, 6) is 1.01. The van der Waals surface area contributed by atoms with Crippen LogP contribution in [0.1, 0.15) is 37.4 Å². The zero-order valence-electron chi connectivity index (χ0n) is 17.5. The normalized spacial score (nSPS) is 16.3. The highest BCUT2D eigenvalue weighted by Crippen LogP contribution is 2.34. The Balaban J connectivity index is 1.55. The summed E-state index contributed by atoms with van der Waals surface area (Å²) in [4.78, 5) is 26.5. The van der Waals surface area contributed by atoms with Gasteiger partial charge >= 0.3 is 0 Å². The van der Waals surface area contributed by atoms with Crippen LogP contribution in [0.25, 0.3) is 0 Å². The van der Waals surface area contributed by atoms with E-state index in [-0.39, 0.29) is 23.6 Å². The molecule has 0 saturated heterocycles. The second kappa shape index (κ2) is 8.97. The van der Waals surface area contributed by atoms with Crippen molar-refractivity contribution in [1.82, 2.24) is 14.8 Å². The molecule has 1 aromatic carbocycles. The third kappa shape index (κ3) is 4.51. The zero-order valence-corrected chi connectivity index (χ0v) is 18.3. The largest absolute Gasteiger partial charge is 0.467 e. The van der Waals surface area contributed by atoms with Crippen LogP contribution in [0.3, 0.4) is 0 Å². The summed E-state index contributed by atoms with van der Waals surface area (Å²) in [6.45, 7) is 4.37. The molecule has 0 radical (unpaired) electrons. The molecule has 0 fully saturated rings. The lowest BCUT2D eigenvalue weighted by molar-refractivity contribution is -0.118. The number of aryl methyl sites for hydroxylation is 1. The fraction of sp³-hybridized carbons (Fsp3) is 0.364. The number of carbonyl (C=O) groups excluding carboxylic acids is 2. The molecule has 0 bridgehead atoms. The van der Waals surface area contributed by atoms with E-state index in [0.717, 1.165) is 17.9 Å². The maximum Gasteiger partial charge on any atom is 0.240 e. The number of nitrogens with zero attached hydrogens (tertiary/aromatic N) is 4. The highest BCUT2D eigenvalue weighted by Gasteiger charge is 2.34. The van der Waals surface area contributed by atoms with Gasteiger partial charge in [0, 0.05) is 24.6 Å². The van der Waals surface area contributed by atoms with Crippen molar-refractivity contribution in [1.29, 1.82) is 0 Å². The third-order valence-electron chi connectivity index (χ3n) is 5.36. The lowest BCUT2D eigenvalue weighted by Gasteiger charge is -2.25. The van der Waals surface area contributed by atoms with Gasteiger partial charge in [-0.15, -0.1) is 10.2 Å². The number of nitrogens with two attached hydrogens (primary N) is 1. The second-order valence-corrected chi connectivity index (χ2v) is 8.99. The van der Waals surface area contributed by atoms with Gasteiger partial charge in [-0.1, -0.05) is 30.0 Å². The molecule has 9 heteroatoms. The van der Waals surface area contributed by atoms with E-state index >= 15 is 0 Å². The van der Waals surface area contributed by atoms with Gasteiger partial charge in [0.25, 0.3) is 0 Å². The molecule has 3 aromatic rings. The molecule has 2 amide bonds. The molecule has 2 N–H and O–H groups in total. The molecule has 162 valence electrons. The summed E-state index contributed by atoms with van der Waals surface area (Å²) in [5, 5.41) is 8.79. The number of hydrogen-bond donors (Lipinski definition) is 1. The first kappa shape index (κ1) is 21.2. The number of amides is 2. The Morgan fingerprint density at radius 1 is 1.26 bits per heavy atom. The van der Waals surface area contributed by atoms with Crippen molar-refractivity contribution in [2.24, 2.45) is 5.73 Å². The zero-order chi connectivity index (χ0) is 22.0. The van der Waals surface area contributed by atoms with Crippen LogP contribution in [0.4, 0.5) is 5.69 Å². The average molecular weight is 440 g/mol. The minimum absolute atomic E-state index is 0.0358. The first-order valence-electron chi connectivity index (χ1n) is 10.2. The van der Waals surface area contributed by atoms with E-state index in [1.807, 2.05) is 46.7 Å². The summed E-state index contributed by atoms with van der Waals surface area (Å²) in [7, 11) is 0. The Morgan fingerprint density at radius 2 is 2.06 bits per heavy atom. The molecule has 2 aromatic heterocycles. The second-order valence-electron chi connectivity index (χ2n) is 7.68. The first-order chi connectivity index (χ1) is 14.9. The molecule has 1 aliphatic rings. The van der Waals surface area contributed by atoms with Crippen LogP contribution in [-0.4, -0.2) is 37.9 Å². The van der Waals surface area contributed by atoms with Gasteiger partial charge in [0.1, 0.15) is 11.6 Å². The highest BCUT2D eigenvalue weighted by atomic mass is 32.2. The van der Waals surface area contributed by atoms with E-state index < -0.39 is 5.91 Å². The quantitative estimate of drug-likeness (QED) is 0.541. The minimum atomic E-state index is -0.396. The monoisotopic (exact) mass is 439 g/mol. The maximum absolute atomic E-state index is 13.3. The smallest absolute Gasteiger partial charge is 0.240 e. The summed E-state index contributed by atoms with van der Waals surface area (Å²) in [5.41, 5.74) is 7.47. The maximum atomic E-state index is 13.3. The number of para-hydroxylation sites is 1. The van der Waals surface area contributed by atoms with Crippen LogP contribution in [0.5, 0.6) is 0 Å². The van der Waals surface area contributed by atoms with Crippen molar-refractivity contribution in [2.45, 2.75) is 56.1 Å². The van der Waals surface area contributed by atoms with E-state index in [0.29, 0.717) is 23.9 Å². The molecular formula is C22H25N5O3S.